The largest absolute Gasteiger partial charge is 0.492 e. The molecule has 0 spiro atoms. The van der Waals surface area contributed by atoms with Crippen LogP contribution >= 0.6 is 0 Å². The van der Waals surface area contributed by atoms with Crippen molar-refractivity contribution in [1.29, 1.82) is 0 Å². The van der Waals surface area contributed by atoms with Crippen molar-refractivity contribution < 1.29 is 13.9 Å². The van der Waals surface area contributed by atoms with Crippen LogP contribution in [0.15, 0.2) is 53.3 Å². The van der Waals surface area contributed by atoms with Crippen molar-refractivity contribution in [3.05, 3.63) is 70.5 Å². The standard InChI is InChI=1S/C22H25FN4O3/c1-15(2)27(13-20-25-19-6-4-3-5-18(19)22(29)26-20)14-21(28)24-11-12-30-17-9-7-16(23)8-10-17/h3-10,15H,11-14H2,1-2H3,(H,24,28)(H,25,26,29). The molecular formula is C22H25FN4O3. The number of aromatic nitrogens is 2. The van der Waals surface area contributed by atoms with Gasteiger partial charge in [0.1, 0.15) is 24.0 Å². The van der Waals surface area contributed by atoms with E-state index >= 15 is 0 Å². The van der Waals surface area contributed by atoms with Crippen LogP contribution in [0.25, 0.3) is 10.9 Å². The molecule has 7 nitrogen and oxygen atoms in total. The van der Waals surface area contributed by atoms with Gasteiger partial charge in [0.15, 0.2) is 0 Å². The lowest BCUT2D eigenvalue weighted by Gasteiger charge is -2.25. The van der Waals surface area contributed by atoms with Gasteiger partial charge in [-0.15, -0.1) is 0 Å². The second-order valence-corrected chi connectivity index (χ2v) is 7.18. The van der Waals surface area contributed by atoms with Gasteiger partial charge in [-0.05, 0) is 50.2 Å². The third-order valence-corrected chi connectivity index (χ3v) is 4.60. The monoisotopic (exact) mass is 412 g/mol. The first-order valence-corrected chi connectivity index (χ1v) is 9.79. The van der Waals surface area contributed by atoms with Crippen LogP contribution in [0.2, 0.25) is 0 Å². The number of nitrogens with one attached hydrogen (secondary N) is 2. The summed E-state index contributed by atoms with van der Waals surface area (Å²) in [5.74, 6) is 0.571. The van der Waals surface area contributed by atoms with Gasteiger partial charge < -0.3 is 15.0 Å². The Balaban J connectivity index is 1.53. The van der Waals surface area contributed by atoms with Gasteiger partial charge in [0.05, 0.1) is 30.5 Å². The van der Waals surface area contributed by atoms with Crippen LogP contribution in [-0.2, 0) is 11.3 Å². The van der Waals surface area contributed by atoms with E-state index in [0.29, 0.717) is 35.6 Å². The lowest BCUT2D eigenvalue weighted by Crippen LogP contribution is -2.42. The number of para-hydroxylation sites is 1. The summed E-state index contributed by atoms with van der Waals surface area (Å²) in [5.41, 5.74) is 0.434. The number of H-pyrrole nitrogens is 1. The molecule has 0 aliphatic heterocycles. The number of nitrogens with zero attached hydrogens (tertiary/aromatic N) is 2. The number of aromatic amines is 1. The summed E-state index contributed by atoms with van der Waals surface area (Å²) >= 11 is 0. The lowest BCUT2D eigenvalue weighted by atomic mass is 10.2. The molecule has 3 rings (SSSR count). The number of benzene rings is 2. The van der Waals surface area contributed by atoms with Crippen LogP contribution in [0.4, 0.5) is 4.39 Å². The van der Waals surface area contributed by atoms with Crippen molar-refractivity contribution in [2.75, 3.05) is 19.7 Å². The second-order valence-electron chi connectivity index (χ2n) is 7.18. The molecule has 0 radical (unpaired) electrons. The van der Waals surface area contributed by atoms with Crippen molar-refractivity contribution in [2.45, 2.75) is 26.4 Å². The zero-order valence-electron chi connectivity index (χ0n) is 17.0. The predicted octanol–water partition coefficient (Wildman–Crippen LogP) is 2.47. The molecule has 2 N–H and O–H groups in total. The maximum atomic E-state index is 12.9. The molecule has 1 amide bonds. The van der Waals surface area contributed by atoms with E-state index in [1.807, 2.05) is 24.8 Å². The molecule has 1 aromatic heterocycles. The fourth-order valence-corrected chi connectivity index (χ4v) is 2.95. The molecule has 2 aromatic carbocycles. The van der Waals surface area contributed by atoms with Crippen molar-refractivity contribution in [2.24, 2.45) is 0 Å². The van der Waals surface area contributed by atoms with Crippen molar-refractivity contribution in [3.8, 4) is 5.75 Å². The molecule has 3 aromatic rings. The Bertz CT molecular complexity index is 1050. The average Bonchev–Trinajstić information content (AvgIpc) is 2.72. The molecule has 0 atom stereocenters. The molecule has 0 fully saturated rings. The maximum Gasteiger partial charge on any atom is 0.258 e. The Morgan fingerprint density at radius 2 is 1.93 bits per heavy atom. The number of halogens is 1. The van der Waals surface area contributed by atoms with E-state index in [-0.39, 0.29) is 36.5 Å². The van der Waals surface area contributed by atoms with E-state index < -0.39 is 0 Å². The molecule has 0 saturated carbocycles. The minimum Gasteiger partial charge on any atom is -0.492 e. The van der Waals surface area contributed by atoms with Gasteiger partial charge in [-0.3, -0.25) is 14.5 Å². The number of ether oxygens (including phenoxy) is 1. The molecule has 0 aliphatic rings. The summed E-state index contributed by atoms with van der Waals surface area (Å²) in [6.45, 7) is 5.06. The first-order valence-electron chi connectivity index (χ1n) is 9.79. The Morgan fingerprint density at radius 1 is 1.20 bits per heavy atom. The zero-order valence-corrected chi connectivity index (χ0v) is 17.0. The van der Waals surface area contributed by atoms with Gasteiger partial charge in [0.25, 0.3) is 5.56 Å². The van der Waals surface area contributed by atoms with Gasteiger partial charge >= 0.3 is 0 Å². The zero-order chi connectivity index (χ0) is 21.5. The highest BCUT2D eigenvalue weighted by atomic mass is 19.1. The average molecular weight is 412 g/mol. The number of carbonyl (C=O) groups is 1. The Hall–Kier alpha value is -3.26. The van der Waals surface area contributed by atoms with Gasteiger partial charge in [0.2, 0.25) is 5.91 Å². The number of rotatable bonds is 9. The van der Waals surface area contributed by atoms with E-state index in [2.05, 4.69) is 15.3 Å². The van der Waals surface area contributed by atoms with Crippen LogP contribution in [-0.4, -0.2) is 46.5 Å². The fourth-order valence-electron chi connectivity index (χ4n) is 2.95. The molecule has 0 aliphatic carbocycles. The molecular weight excluding hydrogens is 387 g/mol. The Morgan fingerprint density at radius 3 is 2.67 bits per heavy atom. The molecule has 30 heavy (non-hydrogen) atoms. The summed E-state index contributed by atoms with van der Waals surface area (Å²) < 4.78 is 18.4. The van der Waals surface area contributed by atoms with Gasteiger partial charge in [-0.1, -0.05) is 12.1 Å². The van der Waals surface area contributed by atoms with Crippen molar-refractivity contribution in [3.63, 3.8) is 0 Å². The van der Waals surface area contributed by atoms with E-state index in [1.165, 1.54) is 24.3 Å². The molecule has 1 heterocycles. The van der Waals surface area contributed by atoms with Crippen LogP contribution < -0.4 is 15.6 Å². The predicted molar refractivity (Wildman–Crippen MR) is 113 cm³/mol. The molecule has 0 unspecified atom stereocenters. The van der Waals surface area contributed by atoms with E-state index in [1.54, 1.807) is 18.2 Å². The molecule has 0 bridgehead atoms. The fraction of sp³-hybridized carbons (Fsp3) is 0.318. The highest BCUT2D eigenvalue weighted by Gasteiger charge is 2.16. The Labute approximate surface area is 173 Å². The molecule has 0 saturated heterocycles. The van der Waals surface area contributed by atoms with Crippen LogP contribution in [0.1, 0.15) is 19.7 Å². The van der Waals surface area contributed by atoms with E-state index in [4.69, 9.17) is 4.74 Å². The highest BCUT2D eigenvalue weighted by Crippen LogP contribution is 2.11. The van der Waals surface area contributed by atoms with Crippen molar-refractivity contribution >= 4 is 16.8 Å². The first kappa shape index (κ1) is 21.4. The SMILES string of the molecule is CC(C)N(CC(=O)NCCOc1ccc(F)cc1)Cc1nc2ccccc2c(=O)[nH]1. The number of fused-ring (bicyclic) bond motifs is 1. The normalized spacial score (nSPS) is 11.2. The Kier molecular flexibility index (Phi) is 7.13. The third kappa shape index (κ3) is 5.87. The lowest BCUT2D eigenvalue weighted by molar-refractivity contribution is -0.122. The number of amides is 1. The van der Waals surface area contributed by atoms with Gasteiger partial charge in [0, 0.05) is 6.04 Å². The van der Waals surface area contributed by atoms with Crippen molar-refractivity contribution in [1.82, 2.24) is 20.2 Å². The first-order chi connectivity index (χ1) is 14.4. The second kappa shape index (κ2) is 9.98. The molecule has 158 valence electrons. The van der Waals surface area contributed by atoms with Crippen LogP contribution in [0.3, 0.4) is 0 Å². The smallest absolute Gasteiger partial charge is 0.258 e. The summed E-state index contributed by atoms with van der Waals surface area (Å²) in [5, 5.41) is 3.34. The van der Waals surface area contributed by atoms with Crippen LogP contribution in [0, 0.1) is 5.82 Å². The third-order valence-electron chi connectivity index (χ3n) is 4.60. The summed E-state index contributed by atoms with van der Waals surface area (Å²) in [6, 6.07) is 12.9. The van der Waals surface area contributed by atoms with E-state index in [9.17, 15) is 14.0 Å². The summed E-state index contributed by atoms with van der Waals surface area (Å²) in [6.07, 6.45) is 0. The maximum absolute atomic E-state index is 12.9. The summed E-state index contributed by atoms with van der Waals surface area (Å²) in [4.78, 5) is 33.8. The number of carbonyl (C=O) groups excluding carboxylic acids is 1. The minimum absolute atomic E-state index is 0.0722. The number of hydrogen-bond acceptors (Lipinski definition) is 5. The highest BCUT2D eigenvalue weighted by molar-refractivity contribution is 5.78. The van der Waals surface area contributed by atoms with Gasteiger partial charge in [-0.25, -0.2) is 9.37 Å². The topological polar surface area (TPSA) is 87.3 Å². The minimum atomic E-state index is -0.327. The van der Waals surface area contributed by atoms with Gasteiger partial charge in [-0.2, -0.15) is 0 Å². The van der Waals surface area contributed by atoms with E-state index in [0.717, 1.165) is 0 Å². The van der Waals surface area contributed by atoms with Crippen LogP contribution in [0.5, 0.6) is 5.75 Å². The molecule has 8 heteroatoms. The number of hydrogen-bond donors (Lipinski definition) is 2. The summed E-state index contributed by atoms with van der Waals surface area (Å²) in [7, 11) is 0. The quantitative estimate of drug-likeness (QED) is 0.527.